The highest BCUT2D eigenvalue weighted by Crippen LogP contribution is 2.21. The van der Waals surface area contributed by atoms with E-state index in [1.54, 1.807) is 0 Å². The van der Waals surface area contributed by atoms with E-state index in [1.807, 2.05) is 55.5 Å². The standard InChI is InChI=1S/C26H29ClN2O3S/c1-3-4-5-21-10-14-24(15-11-21)28-26(30)19-29(18-22-8-6-20(2)7-9-22)33(31,32)25-16-12-23(27)13-17-25/h6-17H,3-5,18-19H2,1-2H3,(H,28,30). The molecule has 0 saturated carbocycles. The first kappa shape index (κ1) is 25.0. The number of unbranched alkanes of at least 4 members (excludes halogenated alkanes) is 1. The minimum atomic E-state index is -3.92. The molecule has 0 saturated heterocycles. The molecule has 0 aliphatic rings. The van der Waals surface area contributed by atoms with E-state index in [2.05, 4.69) is 12.2 Å². The van der Waals surface area contributed by atoms with Crippen molar-refractivity contribution in [2.24, 2.45) is 0 Å². The van der Waals surface area contributed by atoms with Crippen LogP contribution < -0.4 is 5.32 Å². The van der Waals surface area contributed by atoms with Crippen LogP contribution in [0.25, 0.3) is 0 Å². The number of nitrogens with zero attached hydrogens (tertiary/aromatic N) is 1. The Morgan fingerprint density at radius 1 is 0.909 bits per heavy atom. The molecule has 0 unspecified atom stereocenters. The number of halogens is 1. The minimum Gasteiger partial charge on any atom is -0.325 e. The second-order valence-electron chi connectivity index (χ2n) is 8.06. The van der Waals surface area contributed by atoms with E-state index < -0.39 is 15.9 Å². The number of anilines is 1. The molecular formula is C26H29ClN2O3S. The number of carbonyl (C=O) groups excluding carboxylic acids is 1. The highest BCUT2D eigenvalue weighted by Gasteiger charge is 2.27. The molecule has 0 aromatic heterocycles. The van der Waals surface area contributed by atoms with Crippen LogP contribution in [-0.2, 0) is 27.8 Å². The van der Waals surface area contributed by atoms with Gasteiger partial charge in [0.05, 0.1) is 11.4 Å². The summed E-state index contributed by atoms with van der Waals surface area (Å²) < 4.78 is 27.9. The summed E-state index contributed by atoms with van der Waals surface area (Å²) in [6.45, 7) is 3.88. The van der Waals surface area contributed by atoms with Crippen LogP contribution in [0.3, 0.4) is 0 Å². The molecule has 0 radical (unpaired) electrons. The van der Waals surface area contributed by atoms with Crippen molar-refractivity contribution in [3.8, 4) is 0 Å². The maximum absolute atomic E-state index is 13.4. The van der Waals surface area contributed by atoms with Gasteiger partial charge in [0.1, 0.15) is 0 Å². The molecule has 33 heavy (non-hydrogen) atoms. The molecule has 0 bridgehead atoms. The Labute approximate surface area is 201 Å². The Balaban J connectivity index is 1.79. The van der Waals surface area contributed by atoms with Crippen LogP contribution in [-0.4, -0.2) is 25.2 Å². The van der Waals surface area contributed by atoms with Crippen LogP contribution in [0, 0.1) is 6.92 Å². The minimum absolute atomic E-state index is 0.0780. The van der Waals surface area contributed by atoms with E-state index in [0.717, 1.165) is 30.4 Å². The van der Waals surface area contributed by atoms with E-state index in [4.69, 9.17) is 11.6 Å². The van der Waals surface area contributed by atoms with Crippen molar-refractivity contribution in [1.82, 2.24) is 4.31 Å². The summed E-state index contributed by atoms with van der Waals surface area (Å²) in [6, 6.07) is 21.2. The fraction of sp³-hybridized carbons (Fsp3) is 0.269. The molecule has 0 atom stereocenters. The van der Waals surface area contributed by atoms with Crippen molar-refractivity contribution in [1.29, 1.82) is 0 Å². The smallest absolute Gasteiger partial charge is 0.243 e. The monoisotopic (exact) mass is 484 g/mol. The number of hydrogen-bond acceptors (Lipinski definition) is 3. The lowest BCUT2D eigenvalue weighted by Crippen LogP contribution is -2.37. The van der Waals surface area contributed by atoms with Crippen LogP contribution in [0.4, 0.5) is 5.69 Å². The molecule has 0 fully saturated rings. The number of benzene rings is 3. The van der Waals surface area contributed by atoms with Crippen molar-refractivity contribution in [2.45, 2.75) is 44.6 Å². The second kappa shape index (κ2) is 11.5. The number of nitrogens with one attached hydrogen (secondary N) is 1. The Kier molecular flexibility index (Phi) is 8.67. The summed E-state index contributed by atoms with van der Waals surface area (Å²) >= 11 is 5.93. The lowest BCUT2D eigenvalue weighted by molar-refractivity contribution is -0.116. The molecule has 0 spiro atoms. The average molecular weight is 485 g/mol. The topological polar surface area (TPSA) is 66.5 Å². The fourth-order valence-corrected chi connectivity index (χ4v) is 4.89. The summed E-state index contributed by atoms with van der Waals surface area (Å²) in [6.07, 6.45) is 3.23. The summed E-state index contributed by atoms with van der Waals surface area (Å²) in [5.41, 5.74) is 3.72. The zero-order valence-corrected chi connectivity index (χ0v) is 20.5. The highest BCUT2D eigenvalue weighted by atomic mass is 35.5. The predicted molar refractivity (Wildman–Crippen MR) is 134 cm³/mol. The first-order chi connectivity index (χ1) is 15.8. The lowest BCUT2D eigenvalue weighted by Gasteiger charge is -2.22. The normalized spacial score (nSPS) is 11.5. The number of amides is 1. The van der Waals surface area contributed by atoms with Crippen molar-refractivity contribution < 1.29 is 13.2 Å². The molecule has 0 aliphatic carbocycles. The van der Waals surface area contributed by atoms with Gasteiger partial charge in [0.25, 0.3) is 0 Å². The van der Waals surface area contributed by atoms with Gasteiger partial charge in [-0.1, -0.05) is 66.9 Å². The molecule has 0 heterocycles. The van der Waals surface area contributed by atoms with Crippen LogP contribution in [0.5, 0.6) is 0 Å². The summed E-state index contributed by atoms with van der Waals surface area (Å²) in [4.78, 5) is 12.9. The molecule has 1 amide bonds. The van der Waals surface area contributed by atoms with Crippen molar-refractivity contribution in [2.75, 3.05) is 11.9 Å². The second-order valence-corrected chi connectivity index (χ2v) is 10.4. The SMILES string of the molecule is CCCCc1ccc(NC(=O)CN(Cc2ccc(C)cc2)S(=O)(=O)c2ccc(Cl)cc2)cc1. The molecule has 3 aromatic carbocycles. The summed E-state index contributed by atoms with van der Waals surface area (Å²) in [7, 11) is -3.92. The maximum Gasteiger partial charge on any atom is 0.243 e. The van der Waals surface area contributed by atoms with Gasteiger partial charge in [-0.15, -0.1) is 0 Å². The average Bonchev–Trinajstić information content (AvgIpc) is 2.80. The van der Waals surface area contributed by atoms with Crippen molar-refractivity contribution in [3.63, 3.8) is 0 Å². The molecule has 174 valence electrons. The molecule has 3 rings (SSSR count). The molecule has 7 heteroatoms. The quantitative estimate of drug-likeness (QED) is 0.394. The Morgan fingerprint density at radius 2 is 1.52 bits per heavy atom. The third-order valence-corrected chi connectivity index (χ3v) is 7.37. The van der Waals surface area contributed by atoms with Gasteiger partial charge in [0.2, 0.25) is 15.9 Å². The predicted octanol–water partition coefficient (Wildman–Crippen LogP) is 5.82. The van der Waals surface area contributed by atoms with Gasteiger partial charge in [0, 0.05) is 17.3 Å². The zero-order valence-electron chi connectivity index (χ0n) is 18.9. The van der Waals surface area contributed by atoms with Gasteiger partial charge < -0.3 is 5.32 Å². The van der Waals surface area contributed by atoms with E-state index in [1.165, 1.54) is 34.1 Å². The van der Waals surface area contributed by atoms with Gasteiger partial charge in [-0.3, -0.25) is 4.79 Å². The van der Waals surface area contributed by atoms with Gasteiger partial charge in [-0.2, -0.15) is 4.31 Å². The van der Waals surface area contributed by atoms with E-state index >= 15 is 0 Å². The highest BCUT2D eigenvalue weighted by molar-refractivity contribution is 7.89. The van der Waals surface area contributed by atoms with Gasteiger partial charge in [-0.05, 0) is 67.3 Å². The van der Waals surface area contributed by atoms with E-state index in [-0.39, 0.29) is 18.0 Å². The van der Waals surface area contributed by atoms with Crippen molar-refractivity contribution in [3.05, 3.63) is 94.5 Å². The number of rotatable bonds is 10. The number of sulfonamides is 1. The summed E-state index contributed by atoms with van der Waals surface area (Å²) in [5, 5.41) is 3.26. The van der Waals surface area contributed by atoms with Crippen LogP contribution in [0.1, 0.15) is 36.5 Å². The Hall–Kier alpha value is -2.67. The van der Waals surface area contributed by atoms with E-state index in [9.17, 15) is 13.2 Å². The zero-order chi connectivity index (χ0) is 23.8. The third kappa shape index (κ3) is 7.16. The van der Waals surface area contributed by atoms with Gasteiger partial charge >= 0.3 is 0 Å². The number of carbonyl (C=O) groups is 1. The molecular weight excluding hydrogens is 456 g/mol. The lowest BCUT2D eigenvalue weighted by atomic mass is 10.1. The first-order valence-electron chi connectivity index (χ1n) is 11.0. The van der Waals surface area contributed by atoms with Gasteiger partial charge in [-0.25, -0.2) is 8.42 Å². The molecule has 5 nitrogen and oxygen atoms in total. The van der Waals surface area contributed by atoms with Crippen LogP contribution in [0.15, 0.2) is 77.7 Å². The Bertz CT molecular complexity index is 1160. The van der Waals surface area contributed by atoms with Crippen LogP contribution in [0.2, 0.25) is 5.02 Å². The Morgan fingerprint density at radius 3 is 2.12 bits per heavy atom. The fourth-order valence-electron chi connectivity index (χ4n) is 3.37. The number of hydrogen-bond donors (Lipinski definition) is 1. The van der Waals surface area contributed by atoms with Gasteiger partial charge in [0.15, 0.2) is 0 Å². The van der Waals surface area contributed by atoms with Crippen LogP contribution >= 0.6 is 11.6 Å². The first-order valence-corrected chi connectivity index (χ1v) is 12.8. The maximum atomic E-state index is 13.4. The third-order valence-electron chi connectivity index (χ3n) is 5.31. The largest absolute Gasteiger partial charge is 0.325 e. The number of aryl methyl sites for hydroxylation is 2. The molecule has 0 aliphatic heterocycles. The molecule has 1 N–H and O–H groups in total. The van der Waals surface area contributed by atoms with E-state index in [0.29, 0.717) is 10.7 Å². The summed E-state index contributed by atoms with van der Waals surface area (Å²) in [5.74, 6) is -0.402. The van der Waals surface area contributed by atoms with Crippen molar-refractivity contribution >= 4 is 33.2 Å². The molecule has 3 aromatic rings.